The molecular weight excluding hydrogens is 336 g/mol. The summed E-state index contributed by atoms with van der Waals surface area (Å²) in [5.41, 5.74) is 1.38. The molecule has 5 nitrogen and oxygen atoms in total. The average Bonchev–Trinajstić information content (AvgIpc) is 2.94. The summed E-state index contributed by atoms with van der Waals surface area (Å²) in [7, 11) is 0. The van der Waals surface area contributed by atoms with Gasteiger partial charge in [-0.25, -0.2) is 4.79 Å². The van der Waals surface area contributed by atoms with E-state index in [9.17, 15) is 9.59 Å². The molecule has 0 bridgehead atoms. The molecule has 1 aromatic carbocycles. The predicted octanol–water partition coefficient (Wildman–Crippen LogP) is 4.05. The number of hydrogen-bond acceptors (Lipinski definition) is 4. The zero-order chi connectivity index (χ0) is 18.8. The van der Waals surface area contributed by atoms with Gasteiger partial charge in [-0.15, -0.1) is 11.8 Å². The molecule has 1 aliphatic rings. The van der Waals surface area contributed by atoms with Crippen molar-refractivity contribution in [2.45, 2.75) is 58.6 Å². The van der Waals surface area contributed by atoms with Crippen LogP contribution in [0.2, 0.25) is 0 Å². The molecule has 1 unspecified atom stereocenters. The standard InChI is InChI=1S/C19H28N2O3S/c1-13(2)21(15-9-7-8-14(3)12-15)16(22)17-20(10-11-25-17)18(23)24-19(4,5)6/h7-9,12-13,17H,10-11H2,1-6H3. The Hall–Kier alpha value is -1.69. The number of anilines is 1. The lowest BCUT2D eigenvalue weighted by molar-refractivity contribution is -0.121. The van der Waals surface area contributed by atoms with Crippen molar-refractivity contribution >= 4 is 29.4 Å². The number of rotatable bonds is 3. The number of benzene rings is 1. The van der Waals surface area contributed by atoms with Gasteiger partial charge in [-0.1, -0.05) is 12.1 Å². The number of thioether (sulfide) groups is 1. The third-order valence-corrected chi connectivity index (χ3v) is 4.95. The molecule has 1 heterocycles. The van der Waals surface area contributed by atoms with E-state index < -0.39 is 17.1 Å². The van der Waals surface area contributed by atoms with Crippen LogP contribution in [0, 0.1) is 6.92 Å². The molecule has 0 radical (unpaired) electrons. The van der Waals surface area contributed by atoms with E-state index in [2.05, 4.69) is 0 Å². The summed E-state index contributed by atoms with van der Waals surface area (Å²) in [6.07, 6.45) is -0.427. The fourth-order valence-electron chi connectivity index (χ4n) is 2.76. The first-order valence-corrected chi connectivity index (χ1v) is 9.66. The van der Waals surface area contributed by atoms with Crippen molar-refractivity contribution in [3.63, 3.8) is 0 Å². The zero-order valence-corrected chi connectivity index (χ0v) is 16.7. The SMILES string of the molecule is Cc1cccc(N(C(=O)C2SCCN2C(=O)OC(C)(C)C)C(C)C)c1. The Balaban J connectivity index is 2.24. The molecular formula is C19H28N2O3S. The molecule has 0 aromatic heterocycles. The van der Waals surface area contributed by atoms with E-state index in [4.69, 9.17) is 4.74 Å². The third-order valence-electron chi connectivity index (χ3n) is 3.76. The fourth-order valence-corrected chi connectivity index (χ4v) is 3.91. The van der Waals surface area contributed by atoms with Crippen LogP contribution in [0.1, 0.15) is 40.2 Å². The minimum atomic E-state index is -0.577. The zero-order valence-electron chi connectivity index (χ0n) is 15.9. The molecule has 1 fully saturated rings. The van der Waals surface area contributed by atoms with Crippen molar-refractivity contribution in [1.82, 2.24) is 4.90 Å². The second kappa shape index (κ2) is 7.68. The van der Waals surface area contributed by atoms with Crippen molar-refractivity contribution in [2.24, 2.45) is 0 Å². The van der Waals surface area contributed by atoms with Crippen molar-refractivity contribution in [3.05, 3.63) is 29.8 Å². The molecule has 25 heavy (non-hydrogen) atoms. The van der Waals surface area contributed by atoms with E-state index in [1.54, 1.807) is 9.80 Å². The van der Waals surface area contributed by atoms with Gasteiger partial charge in [0, 0.05) is 24.0 Å². The number of carbonyl (C=O) groups excluding carboxylic acids is 2. The first-order valence-electron chi connectivity index (χ1n) is 8.61. The highest BCUT2D eigenvalue weighted by Crippen LogP contribution is 2.30. The Morgan fingerprint density at radius 3 is 2.56 bits per heavy atom. The number of aryl methyl sites for hydroxylation is 1. The Morgan fingerprint density at radius 1 is 1.32 bits per heavy atom. The van der Waals surface area contributed by atoms with Gasteiger partial charge in [-0.05, 0) is 59.2 Å². The van der Waals surface area contributed by atoms with Crippen molar-refractivity contribution < 1.29 is 14.3 Å². The summed E-state index contributed by atoms with van der Waals surface area (Å²) in [5, 5.41) is -0.544. The summed E-state index contributed by atoms with van der Waals surface area (Å²) in [6.45, 7) is 12.0. The second-order valence-corrected chi connectivity index (χ2v) is 8.73. The van der Waals surface area contributed by atoms with Crippen molar-refractivity contribution in [3.8, 4) is 0 Å². The van der Waals surface area contributed by atoms with Gasteiger partial charge in [0.2, 0.25) is 0 Å². The number of amides is 2. The van der Waals surface area contributed by atoms with Gasteiger partial charge < -0.3 is 9.64 Å². The smallest absolute Gasteiger partial charge is 0.411 e. The molecule has 0 saturated carbocycles. The van der Waals surface area contributed by atoms with Gasteiger partial charge in [0.15, 0.2) is 5.37 Å². The van der Waals surface area contributed by atoms with E-state index in [1.165, 1.54) is 11.8 Å². The average molecular weight is 365 g/mol. The van der Waals surface area contributed by atoms with Crippen LogP contribution in [-0.2, 0) is 9.53 Å². The van der Waals surface area contributed by atoms with E-state index in [1.807, 2.05) is 65.8 Å². The molecule has 0 spiro atoms. The van der Waals surface area contributed by atoms with Crippen molar-refractivity contribution in [1.29, 1.82) is 0 Å². The van der Waals surface area contributed by atoms with Gasteiger partial charge in [0.05, 0.1) is 0 Å². The lowest BCUT2D eigenvalue weighted by Gasteiger charge is -2.33. The molecule has 2 rings (SSSR count). The van der Waals surface area contributed by atoms with Crippen LogP contribution in [0.4, 0.5) is 10.5 Å². The number of ether oxygens (including phenoxy) is 1. The second-order valence-electron chi connectivity index (χ2n) is 7.54. The molecule has 138 valence electrons. The summed E-state index contributed by atoms with van der Waals surface area (Å²) >= 11 is 1.49. The highest BCUT2D eigenvalue weighted by atomic mass is 32.2. The summed E-state index contributed by atoms with van der Waals surface area (Å²) < 4.78 is 5.47. The van der Waals surface area contributed by atoms with E-state index in [-0.39, 0.29) is 11.9 Å². The highest BCUT2D eigenvalue weighted by molar-refractivity contribution is 8.00. The van der Waals surface area contributed by atoms with Crippen LogP contribution in [-0.4, -0.2) is 46.2 Å². The van der Waals surface area contributed by atoms with Gasteiger partial charge in [-0.3, -0.25) is 9.69 Å². The van der Waals surface area contributed by atoms with Crippen LogP contribution in [0.15, 0.2) is 24.3 Å². The Morgan fingerprint density at radius 2 is 2.00 bits per heavy atom. The summed E-state index contributed by atoms with van der Waals surface area (Å²) in [6, 6.07) is 7.87. The molecule has 1 aromatic rings. The topological polar surface area (TPSA) is 49.9 Å². The molecule has 0 aliphatic carbocycles. The number of hydrogen-bond donors (Lipinski definition) is 0. The van der Waals surface area contributed by atoms with Gasteiger partial charge in [0.25, 0.3) is 5.91 Å². The third kappa shape index (κ3) is 4.91. The first kappa shape index (κ1) is 19.6. The van der Waals surface area contributed by atoms with Crippen LogP contribution in [0.3, 0.4) is 0 Å². The molecule has 1 saturated heterocycles. The van der Waals surface area contributed by atoms with Crippen molar-refractivity contribution in [2.75, 3.05) is 17.2 Å². The summed E-state index contributed by atoms with van der Waals surface area (Å²) in [4.78, 5) is 29.0. The summed E-state index contributed by atoms with van der Waals surface area (Å²) in [5.74, 6) is 0.657. The normalized spacial score (nSPS) is 17.7. The molecule has 1 aliphatic heterocycles. The van der Waals surface area contributed by atoms with E-state index in [0.717, 1.165) is 17.0 Å². The maximum atomic E-state index is 13.2. The lowest BCUT2D eigenvalue weighted by Crippen LogP contribution is -2.50. The van der Waals surface area contributed by atoms with Crippen LogP contribution < -0.4 is 4.90 Å². The monoisotopic (exact) mass is 364 g/mol. The maximum absolute atomic E-state index is 13.2. The Labute approximate surface area is 154 Å². The molecule has 1 atom stereocenters. The van der Waals surface area contributed by atoms with Crippen LogP contribution in [0.5, 0.6) is 0 Å². The van der Waals surface area contributed by atoms with Gasteiger partial charge >= 0.3 is 6.09 Å². The Bertz CT molecular complexity index is 640. The minimum absolute atomic E-state index is 0.00372. The minimum Gasteiger partial charge on any atom is -0.444 e. The maximum Gasteiger partial charge on any atom is 0.411 e. The van der Waals surface area contributed by atoms with Gasteiger partial charge in [0.1, 0.15) is 5.60 Å². The van der Waals surface area contributed by atoms with Gasteiger partial charge in [-0.2, -0.15) is 0 Å². The quantitative estimate of drug-likeness (QED) is 0.812. The first-order chi connectivity index (χ1) is 11.6. The Kier molecular flexibility index (Phi) is 6.03. The predicted molar refractivity (Wildman–Crippen MR) is 103 cm³/mol. The highest BCUT2D eigenvalue weighted by Gasteiger charge is 2.40. The van der Waals surface area contributed by atoms with Crippen LogP contribution in [0.25, 0.3) is 0 Å². The molecule has 2 amide bonds. The molecule has 0 N–H and O–H groups in total. The van der Waals surface area contributed by atoms with Crippen LogP contribution >= 0.6 is 11.8 Å². The fraction of sp³-hybridized carbons (Fsp3) is 0.579. The van der Waals surface area contributed by atoms with E-state index in [0.29, 0.717) is 6.54 Å². The molecule has 6 heteroatoms. The van der Waals surface area contributed by atoms with E-state index >= 15 is 0 Å². The number of nitrogens with zero attached hydrogens (tertiary/aromatic N) is 2. The lowest BCUT2D eigenvalue weighted by atomic mass is 10.1. The largest absolute Gasteiger partial charge is 0.444 e. The number of carbonyl (C=O) groups is 2.